The second kappa shape index (κ2) is 6.93. The van der Waals surface area contributed by atoms with Crippen LogP contribution in [0.25, 0.3) is 28.2 Å². The van der Waals surface area contributed by atoms with Gasteiger partial charge in [0.05, 0.1) is 24.6 Å². The molecule has 9 heteroatoms. The van der Waals surface area contributed by atoms with Gasteiger partial charge in [0.25, 0.3) is 0 Å². The van der Waals surface area contributed by atoms with Gasteiger partial charge < -0.3 is 15.4 Å². The van der Waals surface area contributed by atoms with Gasteiger partial charge in [-0.25, -0.2) is 19.9 Å². The summed E-state index contributed by atoms with van der Waals surface area (Å²) in [6.07, 6.45) is 11.2. The minimum absolute atomic E-state index is 0.233. The fourth-order valence-electron chi connectivity index (χ4n) is 3.99. The molecule has 5 rings (SSSR count). The number of nitrogens with zero attached hydrogens (tertiary/aromatic N) is 7. The highest BCUT2D eigenvalue weighted by Gasteiger charge is 2.35. The Morgan fingerprint density at radius 1 is 1.17 bits per heavy atom. The molecule has 148 valence electrons. The van der Waals surface area contributed by atoms with Crippen LogP contribution in [0.15, 0.2) is 37.5 Å². The van der Waals surface area contributed by atoms with Crippen LogP contribution in [0.3, 0.4) is 0 Å². The van der Waals surface area contributed by atoms with E-state index in [-0.39, 0.29) is 12.2 Å². The number of hydrogen-bond acceptors (Lipinski definition) is 8. The lowest BCUT2D eigenvalue weighted by Gasteiger charge is -2.32. The Morgan fingerprint density at radius 3 is 2.62 bits per heavy atom. The van der Waals surface area contributed by atoms with E-state index < -0.39 is 0 Å². The Labute approximate surface area is 168 Å². The Hall–Kier alpha value is -3.33. The largest absolute Gasteiger partial charge is 0.382 e. The lowest BCUT2D eigenvalue weighted by molar-refractivity contribution is 0.0299. The summed E-state index contributed by atoms with van der Waals surface area (Å²) in [5.41, 5.74) is 9.21. The molecule has 29 heavy (non-hydrogen) atoms. The van der Waals surface area contributed by atoms with Crippen molar-refractivity contribution in [3.8, 4) is 11.4 Å². The Morgan fingerprint density at radius 2 is 1.97 bits per heavy atom. The number of imidazole rings is 1. The van der Waals surface area contributed by atoms with Crippen LogP contribution in [-0.2, 0) is 4.74 Å². The summed E-state index contributed by atoms with van der Waals surface area (Å²) < 4.78 is 7.89. The molecule has 0 amide bonds. The normalized spacial score (nSPS) is 21.7. The van der Waals surface area contributed by atoms with Crippen LogP contribution in [0.1, 0.15) is 19.8 Å². The van der Waals surface area contributed by atoms with Crippen LogP contribution in [-0.4, -0.2) is 54.8 Å². The van der Waals surface area contributed by atoms with Crippen molar-refractivity contribution < 1.29 is 4.74 Å². The summed E-state index contributed by atoms with van der Waals surface area (Å²) in [6, 6.07) is 0. The first kappa shape index (κ1) is 17.7. The number of morpholine rings is 1. The van der Waals surface area contributed by atoms with E-state index in [0.29, 0.717) is 34.3 Å². The molecule has 2 aliphatic heterocycles. The third-order valence-electron chi connectivity index (χ3n) is 5.41. The lowest BCUT2D eigenvalue weighted by atomic mass is 10.2. The Kier molecular flexibility index (Phi) is 4.24. The molecule has 2 bridgehead atoms. The molecule has 3 aromatic heterocycles. The monoisotopic (exact) mass is 390 g/mol. The third-order valence-corrected chi connectivity index (χ3v) is 5.41. The molecule has 2 N–H and O–H groups in total. The Balaban J connectivity index is 1.69. The van der Waals surface area contributed by atoms with Crippen molar-refractivity contribution in [2.45, 2.75) is 32.0 Å². The smallest absolute Gasteiger partial charge is 0.228 e. The predicted octanol–water partition coefficient (Wildman–Crippen LogP) is 2.28. The maximum atomic E-state index is 5.97. The van der Waals surface area contributed by atoms with Gasteiger partial charge in [0.2, 0.25) is 5.95 Å². The van der Waals surface area contributed by atoms with E-state index in [4.69, 9.17) is 20.4 Å². The standard InChI is InChI=1S/C20H22N8O/c1-3-12(4-2)28-11-24-18-17(15-7-23-16(21)8-22-15)25-20(26-19(18)28)27-9-13-5-6-14(10-27)29-13/h3-4,7-8,11,13-14H,1,5-6,9-10H2,2H3,(H2,21,23)/b12-4+. The van der Waals surface area contributed by atoms with Crippen LogP contribution in [0.5, 0.6) is 0 Å². The molecule has 3 aromatic rings. The van der Waals surface area contributed by atoms with E-state index in [9.17, 15) is 0 Å². The predicted molar refractivity (Wildman–Crippen MR) is 111 cm³/mol. The molecule has 0 aromatic carbocycles. The minimum atomic E-state index is 0.233. The highest BCUT2D eigenvalue weighted by molar-refractivity contribution is 5.89. The summed E-state index contributed by atoms with van der Waals surface area (Å²) in [6.45, 7) is 7.41. The quantitative estimate of drug-likeness (QED) is 0.676. The van der Waals surface area contributed by atoms with Gasteiger partial charge in [-0.2, -0.15) is 4.98 Å². The molecule has 2 saturated heterocycles. The number of anilines is 2. The second-order valence-corrected chi connectivity index (χ2v) is 7.27. The average molecular weight is 390 g/mol. The average Bonchev–Trinajstić information content (AvgIpc) is 3.32. The molecule has 9 nitrogen and oxygen atoms in total. The van der Waals surface area contributed by atoms with E-state index in [1.54, 1.807) is 18.6 Å². The molecular weight excluding hydrogens is 368 g/mol. The van der Waals surface area contributed by atoms with Crippen molar-refractivity contribution in [1.29, 1.82) is 0 Å². The molecule has 0 aliphatic carbocycles. The number of hydrogen-bond donors (Lipinski definition) is 1. The zero-order valence-electron chi connectivity index (χ0n) is 16.2. The molecule has 0 radical (unpaired) electrons. The van der Waals surface area contributed by atoms with Crippen LogP contribution in [0.4, 0.5) is 11.8 Å². The third kappa shape index (κ3) is 3.03. The van der Waals surface area contributed by atoms with E-state index in [1.165, 1.54) is 6.20 Å². The molecule has 2 unspecified atom stereocenters. The van der Waals surface area contributed by atoms with E-state index in [0.717, 1.165) is 31.6 Å². The zero-order chi connectivity index (χ0) is 20.0. The zero-order valence-corrected chi connectivity index (χ0v) is 16.2. The number of ether oxygens (including phenoxy) is 1. The lowest BCUT2D eigenvalue weighted by Crippen LogP contribution is -2.43. The number of nitrogen functional groups attached to an aromatic ring is 1. The van der Waals surface area contributed by atoms with Crippen LogP contribution < -0.4 is 10.6 Å². The number of nitrogens with two attached hydrogens (primary N) is 1. The van der Waals surface area contributed by atoms with Crippen molar-refractivity contribution in [2.24, 2.45) is 0 Å². The number of aromatic nitrogens is 6. The van der Waals surface area contributed by atoms with Gasteiger partial charge in [-0.3, -0.25) is 4.57 Å². The summed E-state index contributed by atoms with van der Waals surface area (Å²) >= 11 is 0. The van der Waals surface area contributed by atoms with Gasteiger partial charge in [0, 0.05) is 18.8 Å². The second-order valence-electron chi connectivity index (χ2n) is 7.27. The summed E-state index contributed by atoms with van der Waals surface area (Å²) in [4.78, 5) is 25.1. The van der Waals surface area contributed by atoms with Gasteiger partial charge >= 0.3 is 0 Å². The van der Waals surface area contributed by atoms with Crippen LogP contribution in [0, 0.1) is 0 Å². The van der Waals surface area contributed by atoms with E-state index in [1.807, 2.05) is 17.6 Å². The van der Waals surface area contributed by atoms with Crippen molar-refractivity contribution in [1.82, 2.24) is 29.5 Å². The van der Waals surface area contributed by atoms with Gasteiger partial charge in [-0.1, -0.05) is 12.7 Å². The van der Waals surface area contributed by atoms with Crippen molar-refractivity contribution in [3.63, 3.8) is 0 Å². The van der Waals surface area contributed by atoms with Gasteiger partial charge in [-0.15, -0.1) is 0 Å². The van der Waals surface area contributed by atoms with Crippen molar-refractivity contribution >= 4 is 28.6 Å². The number of rotatable bonds is 4. The van der Waals surface area contributed by atoms with Gasteiger partial charge in [0.1, 0.15) is 29.0 Å². The van der Waals surface area contributed by atoms with Crippen LogP contribution in [0.2, 0.25) is 0 Å². The first-order chi connectivity index (χ1) is 14.2. The van der Waals surface area contributed by atoms with Gasteiger partial charge in [-0.05, 0) is 25.8 Å². The van der Waals surface area contributed by atoms with E-state index in [2.05, 4.69) is 26.4 Å². The van der Waals surface area contributed by atoms with E-state index >= 15 is 0 Å². The van der Waals surface area contributed by atoms with Crippen molar-refractivity contribution in [2.75, 3.05) is 23.7 Å². The van der Waals surface area contributed by atoms with Crippen molar-refractivity contribution in [3.05, 3.63) is 37.5 Å². The fraction of sp³-hybridized carbons (Fsp3) is 0.350. The topological polar surface area (TPSA) is 108 Å². The van der Waals surface area contributed by atoms with Gasteiger partial charge in [0.15, 0.2) is 5.65 Å². The molecule has 5 heterocycles. The molecule has 2 aliphatic rings. The fourth-order valence-corrected chi connectivity index (χ4v) is 3.99. The molecular formula is C20H22N8O. The first-order valence-electron chi connectivity index (χ1n) is 9.68. The summed E-state index contributed by atoms with van der Waals surface area (Å²) in [7, 11) is 0. The summed E-state index contributed by atoms with van der Waals surface area (Å²) in [5, 5.41) is 0. The minimum Gasteiger partial charge on any atom is -0.382 e. The highest BCUT2D eigenvalue weighted by atomic mass is 16.5. The number of fused-ring (bicyclic) bond motifs is 3. The molecule has 0 saturated carbocycles. The summed E-state index contributed by atoms with van der Waals surface area (Å²) in [5.74, 6) is 1.00. The van der Waals surface area contributed by atoms with Crippen LogP contribution >= 0.6 is 0 Å². The first-order valence-corrected chi connectivity index (χ1v) is 9.68. The molecule has 0 spiro atoms. The highest BCUT2D eigenvalue weighted by Crippen LogP contribution is 2.32. The SMILES string of the molecule is C=C/C(=C\C)n1cnc2c(-c3cnc(N)cn3)nc(N3CC4CCC(C3)O4)nc21. The maximum Gasteiger partial charge on any atom is 0.228 e. The Bertz CT molecular complexity index is 1090. The maximum absolute atomic E-state index is 5.97. The molecule has 2 atom stereocenters. The molecule has 2 fully saturated rings. The number of allylic oxidation sites excluding steroid dienone is 3.